The highest BCUT2D eigenvalue weighted by Crippen LogP contribution is 2.30. The van der Waals surface area contributed by atoms with Gasteiger partial charge < -0.3 is 20.1 Å². The molecule has 0 radical (unpaired) electrons. The van der Waals surface area contributed by atoms with Gasteiger partial charge in [0.25, 0.3) is 0 Å². The second kappa shape index (κ2) is 6.03. The van der Waals surface area contributed by atoms with Crippen molar-refractivity contribution in [3.8, 4) is 11.5 Å². The molecule has 2 N–H and O–H groups in total. The molecule has 1 saturated carbocycles. The summed E-state index contributed by atoms with van der Waals surface area (Å²) in [7, 11) is 1.80. The molecule has 3 rings (SSSR count). The van der Waals surface area contributed by atoms with Crippen LogP contribution in [0.25, 0.3) is 0 Å². The quantitative estimate of drug-likeness (QED) is 0.651. The van der Waals surface area contributed by atoms with Gasteiger partial charge in [-0.05, 0) is 30.5 Å². The SMILES string of the molecule is CN=C(NCc1ccc2c(c1)OCCCO2)NC1CC1. The lowest BCUT2D eigenvalue weighted by Crippen LogP contribution is -2.38. The second-order valence-electron chi connectivity index (χ2n) is 5.18. The third kappa shape index (κ3) is 3.35. The summed E-state index contributed by atoms with van der Waals surface area (Å²) in [5, 5.41) is 6.69. The molecule has 1 aromatic rings. The maximum atomic E-state index is 5.70. The zero-order chi connectivity index (χ0) is 13.8. The zero-order valence-corrected chi connectivity index (χ0v) is 11.8. The standard InChI is InChI=1S/C15H21N3O2/c1-16-15(18-12-4-5-12)17-10-11-3-6-13-14(9-11)20-8-2-7-19-13/h3,6,9,12H,2,4-5,7-8,10H2,1H3,(H2,16,17,18). The van der Waals surface area contributed by atoms with Crippen LogP contribution in [0.2, 0.25) is 0 Å². The molecule has 1 aliphatic heterocycles. The Morgan fingerprint density at radius 1 is 1.25 bits per heavy atom. The van der Waals surface area contributed by atoms with Crippen molar-refractivity contribution < 1.29 is 9.47 Å². The first-order valence-electron chi connectivity index (χ1n) is 7.21. The fraction of sp³-hybridized carbons (Fsp3) is 0.533. The number of hydrogen-bond acceptors (Lipinski definition) is 3. The Labute approximate surface area is 119 Å². The fourth-order valence-electron chi connectivity index (χ4n) is 2.12. The molecule has 108 valence electrons. The van der Waals surface area contributed by atoms with Crippen LogP contribution in [0.4, 0.5) is 0 Å². The van der Waals surface area contributed by atoms with E-state index in [4.69, 9.17) is 9.47 Å². The van der Waals surface area contributed by atoms with E-state index in [0.29, 0.717) is 6.04 Å². The van der Waals surface area contributed by atoms with Gasteiger partial charge in [-0.1, -0.05) is 6.07 Å². The highest BCUT2D eigenvalue weighted by Gasteiger charge is 2.22. The molecule has 0 bridgehead atoms. The van der Waals surface area contributed by atoms with Crippen LogP contribution in [0.3, 0.4) is 0 Å². The number of guanidine groups is 1. The predicted molar refractivity (Wildman–Crippen MR) is 78.4 cm³/mol. The lowest BCUT2D eigenvalue weighted by Gasteiger charge is -2.13. The van der Waals surface area contributed by atoms with E-state index in [9.17, 15) is 0 Å². The van der Waals surface area contributed by atoms with Gasteiger partial charge >= 0.3 is 0 Å². The van der Waals surface area contributed by atoms with E-state index < -0.39 is 0 Å². The number of rotatable bonds is 3. The van der Waals surface area contributed by atoms with Gasteiger partial charge in [0.1, 0.15) is 0 Å². The Balaban J connectivity index is 1.60. The van der Waals surface area contributed by atoms with E-state index in [1.54, 1.807) is 7.05 Å². The van der Waals surface area contributed by atoms with E-state index in [-0.39, 0.29) is 0 Å². The van der Waals surface area contributed by atoms with E-state index >= 15 is 0 Å². The maximum Gasteiger partial charge on any atom is 0.191 e. The summed E-state index contributed by atoms with van der Waals surface area (Å²) in [4.78, 5) is 4.22. The van der Waals surface area contributed by atoms with Crippen LogP contribution in [0.5, 0.6) is 11.5 Å². The summed E-state index contributed by atoms with van der Waals surface area (Å²) >= 11 is 0. The normalized spacial score (nSPS) is 18.4. The monoisotopic (exact) mass is 275 g/mol. The third-order valence-electron chi connectivity index (χ3n) is 3.41. The molecular formula is C15H21N3O2. The number of nitrogens with zero attached hydrogens (tertiary/aromatic N) is 1. The summed E-state index contributed by atoms with van der Waals surface area (Å²) in [6.07, 6.45) is 3.41. The molecule has 20 heavy (non-hydrogen) atoms. The van der Waals surface area contributed by atoms with Gasteiger partial charge in [-0.15, -0.1) is 0 Å². The van der Waals surface area contributed by atoms with Gasteiger partial charge in [0.15, 0.2) is 17.5 Å². The van der Waals surface area contributed by atoms with Gasteiger partial charge in [0.05, 0.1) is 13.2 Å². The van der Waals surface area contributed by atoms with Crippen LogP contribution in [0.1, 0.15) is 24.8 Å². The second-order valence-corrected chi connectivity index (χ2v) is 5.18. The first kappa shape index (κ1) is 13.1. The lowest BCUT2D eigenvalue weighted by atomic mass is 10.2. The topological polar surface area (TPSA) is 54.9 Å². The van der Waals surface area contributed by atoms with Crippen molar-refractivity contribution in [1.82, 2.24) is 10.6 Å². The first-order chi connectivity index (χ1) is 9.85. The maximum absolute atomic E-state index is 5.70. The molecule has 2 aliphatic rings. The minimum atomic E-state index is 0.602. The molecule has 5 heteroatoms. The third-order valence-corrected chi connectivity index (χ3v) is 3.41. The molecule has 0 unspecified atom stereocenters. The number of benzene rings is 1. The van der Waals surface area contributed by atoms with Gasteiger partial charge in [-0.2, -0.15) is 0 Å². The highest BCUT2D eigenvalue weighted by atomic mass is 16.5. The Morgan fingerprint density at radius 3 is 2.80 bits per heavy atom. The zero-order valence-electron chi connectivity index (χ0n) is 11.8. The summed E-state index contributed by atoms with van der Waals surface area (Å²) in [5.41, 5.74) is 1.16. The van der Waals surface area contributed by atoms with E-state index in [2.05, 4.69) is 21.7 Å². The van der Waals surface area contributed by atoms with Crippen LogP contribution >= 0.6 is 0 Å². The van der Waals surface area contributed by atoms with Crippen molar-refractivity contribution in [2.75, 3.05) is 20.3 Å². The molecule has 1 aromatic carbocycles. The largest absolute Gasteiger partial charge is 0.490 e. The minimum Gasteiger partial charge on any atom is -0.490 e. The highest BCUT2D eigenvalue weighted by molar-refractivity contribution is 5.80. The Kier molecular flexibility index (Phi) is 3.95. The van der Waals surface area contributed by atoms with Crippen molar-refractivity contribution in [1.29, 1.82) is 0 Å². The number of hydrogen-bond donors (Lipinski definition) is 2. The molecule has 1 aliphatic carbocycles. The number of aliphatic imine (C=N–C) groups is 1. The number of nitrogens with one attached hydrogen (secondary N) is 2. The van der Waals surface area contributed by atoms with Crippen molar-refractivity contribution in [2.45, 2.75) is 31.8 Å². The molecule has 5 nitrogen and oxygen atoms in total. The minimum absolute atomic E-state index is 0.602. The van der Waals surface area contributed by atoms with Gasteiger partial charge in [-0.25, -0.2) is 0 Å². The Bertz CT molecular complexity index is 498. The average Bonchev–Trinajstić information content (AvgIpc) is 3.29. The number of fused-ring (bicyclic) bond motifs is 1. The Hall–Kier alpha value is -1.91. The van der Waals surface area contributed by atoms with Gasteiger partial charge in [0.2, 0.25) is 0 Å². The molecule has 0 spiro atoms. The van der Waals surface area contributed by atoms with E-state index in [0.717, 1.165) is 49.2 Å². The molecule has 1 fully saturated rings. The Morgan fingerprint density at radius 2 is 2.05 bits per heavy atom. The summed E-state index contributed by atoms with van der Waals surface area (Å²) in [6, 6.07) is 6.68. The summed E-state index contributed by atoms with van der Waals surface area (Å²) < 4.78 is 11.3. The van der Waals surface area contributed by atoms with Crippen molar-refractivity contribution in [3.05, 3.63) is 23.8 Å². The summed E-state index contributed by atoms with van der Waals surface area (Å²) in [6.45, 7) is 2.17. The predicted octanol–water partition coefficient (Wildman–Crippen LogP) is 1.68. The first-order valence-corrected chi connectivity index (χ1v) is 7.21. The molecular weight excluding hydrogens is 254 g/mol. The average molecular weight is 275 g/mol. The molecule has 0 atom stereocenters. The fourth-order valence-corrected chi connectivity index (χ4v) is 2.12. The smallest absolute Gasteiger partial charge is 0.191 e. The van der Waals surface area contributed by atoms with Gasteiger partial charge in [-0.3, -0.25) is 4.99 Å². The molecule has 1 heterocycles. The van der Waals surface area contributed by atoms with E-state index in [1.807, 2.05) is 12.1 Å². The van der Waals surface area contributed by atoms with Gasteiger partial charge in [0, 0.05) is 26.1 Å². The van der Waals surface area contributed by atoms with Crippen LogP contribution in [-0.4, -0.2) is 32.3 Å². The van der Waals surface area contributed by atoms with Crippen LogP contribution in [0.15, 0.2) is 23.2 Å². The van der Waals surface area contributed by atoms with Crippen molar-refractivity contribution in [2.24, 2.45) is 4.99 Å². The van der Waals surface area contributed by atoms with Crippen molar-refractivity contribution in [3.63, 3.8) is 0 Å². The van der Waals surface area contributed by atoms with E-state index in [1.165, 1.54) is 12.8 Å². The molecule has 0 saturated heterocycles. The lowest BCUT2D eigenvalue weighted by molar-refractivity contribution is 0.297. The number of ether oxygens (including phenoxy) is 2. The van der Waals surface area contributed by atoms with Crippen LogP contribution in [0, 0.1) is 0 Å². The summed E-state index contributed by atoms with van der Waals surface area (Å²) in [5.74, 6) is 2.54. The van der Waals surface area contributed by atoms with Crippen LogP contribution < -0.4 is 20.1 Å². The van der Waals surface area contributed by atoms with Crippen LogP contribution in [-0.2, 0) is 6.54 Å². The van der Waals surface area contributed by atoms with Crippen molar-refractivity contribution >= 4 is 5.96 Å². The molecule has 0 amide bonds. The molecule has 0 aromatic heterocycles.